The standard InChI is InChI=1S/C23H20N2O4/c1-4-11-24-20(26)14-7-9-16-19-17(10-8-15(18(14)19)21(24)27)23(29)25(22(16)28)12-13(5-2)6-3/h1,7-10,13H,5-6,11-12H2,2-3H3. The Balaban J connectivity index is 1.92. The van der Waals surface area contributed by atoms with Crippen molar-refractivity contribution in [3.8, 4) is 12.3 Å². The lowest BCUT2D eigenvalue weighted by Gasteiger charge is -2.32. The van der Waals surface area contributed by atoms with E-state index in [1.165, 1.54) is 4.90 Å². The highest BCUT2D eigenvalue weighted by Gasteiger charge is 2.39. The number of hydrogen-bond acceptors (Lipinski definition) is 4. The zero-order valence-electron chi connectivity index (χ0n) is 16.3. The molecule has 29 heavy (non-hydrogen) atoms. The average molecular weight is 388 g/mol. The lowest BCUT2D eigenvalue weighted by molar-refractivity contribution is 0.0574. The Morgan fingerprint density at radius 2 is 1.14 bits per heavy atom. The van der Waals surface area contributed by atoms with Gasteiger partial charge in [-0.2, -0.15) is 0 Å². The molecule has 2 aromatic carbocycles. The highest BCUT2D eigenvalue weighted by Crippen LogP contribution is 2.38. The van der Waals surface area contributed by atoms with Gasteiger partial charge in [0.05, 0.1) is 6.54 Å². The Hall–Kier alpha value is -3.46. The second kappa shape index (κ2) is 6.85. The van der Waals surface area contributed by atoms with Crippen molar-refractivity contribution in [1.82, 2.24) is 9.80 Å². The summed E-state index contributed by atoms with van der Waals surface area (Å²) in [4.78, 5) is 54.2. The second-order valence-corrected chi connectivity index (χ2v) is 7.38. The van der Waals surface area contributed by atoms with Gasteiger partial charge in [0.1, 0.15) is 0 Å². The number of terminal acetylenes is 1. The van der Waals surface area contributed by atoms with E-state index in [9.17, 15) is 19.2 Å². The van der Waals surface area contributed by atoms with Gasteiger partial charge in [0, 0.05) is 39.6 Å². The zero-order chi connectivity index (χ0) is 20.9. The number of carbonyl (C=O) groups excluding carboxylic acids is 4. The fourth-order valence-electron chi connectivity index (χ4n) is 4.18. The van der Waals surface area contributed by atoms with Gasteiger partial charge >= 0.3 is 0 Å². The molecular weight excluding hydrogens is 368 g/mol. The first-order valence-corrected chi connectivity index (χ1v) is 9.70. The van der Waals surface area contributed by atoms with Gasteiger partial charge in [-0.25, -0.2) is 0 Å². The van der Waals surface area contributed by atoms with Crippen molar-refractivity contribution in [2.75, 3.05) is 13.1 Å². The van der Waals surface area contributed by atoms with E-state index in [-0.39, 0.29) is 35.4 Å². The van der Waals surface area contributed by atoms with Gasteiger partial charge in [-0.3, -0.25) is 29.0 Å². The van der Waals surface area contributed by atoms with Gasteiger partial charge in [-0.05, 0) is 30.2 Å². The Morgan fingerprint density at radius 1 is 0.759 bits per heavy atom. The highest BCUT2D eigenvalue weighted by molar-refractivity contribution is 6.33. The Kier molecular flexibility index (Phi) is 4.46. The number of hydrogen-bond donors (Lipinski definition) is 0. The van der Waals surface area contributed by atoms with E-state index in [4.69, 9.17) is 6.42 Å². The summed E-state index contributed by atoms with van der Waals surface area (Å²) in [6.07, 6.45) is 7.03. The predicted octanol–water partition coefficient (Wildman–Crippen LogP) is 3.10. The third-order valence-electron chi connectivity index (χ3n) is 5.91. The number of imide groups is 2. The van der Waals surface area contributed by atoms with Gasteiger partial charge in [0.2, 0.25) is 0 Å². The van der Waals surface area contributed by atoms with Crippen LogP contribution >= 0.6 is 0 Å². The van der Waals surface area contributed by atoms with Crippen molar-refractivity contribution in [2.24, 2.45) is 5.92 Å². The fourth-order valence-corrected chi connectivity index (χ4v) is 4.18. The summed E-state index contributed by atoms with van der Waals surface area (Å²) >= 11 is 0. The molecule has 0 atom stereocenters. The predicted molar refractivity (Wildman–Crippen MR) is 108 cm³/mol. The van der Waals surface area contributed by atoms with Crippen LogP contribution in [-0.2, 0) is 0 Å². The number of rotatable bonds is 5. The van der Waals surface area contributed by atoms with Gasteiger partial charge in [-0.1, -0.05) is 32.6 Å². The lowest BCUT2D eigenvalue weighted by Crippen LogP contribution is -2.44. The fraction of sp³-hybridized carbons (Fsp3) is 0.304. The maximum Gasteiger partial charge on any atom is 0.262 e. The smallest absolute Gasteiger partial charge is 0.262 e. The van der Waals surface area contributed by atoms with Crippen LogP contribution in [0.15, 0.2) is 24.3 Å². The first kappa shape index (κ1) is 18.9. The molecule has 2 aromatic rings. The molecule has 146 valence electrons. The lowest BCUT2D eigenvalue weighted by atomic mass is 9.85. The van der Waals surface area contributed by atoms with Gasteiger partial charge in [-0.15, -0.1) is 6.42 Å². The third-order valence-corrected chi connectivity index (χ3v) is 5.91. The van der Waals surface area contributed by atoms with Crippen molar-refractivity contribution in [3.05, 3.63) is 46.5 Å². The number of carbonyl (C=O) groups is 4. The molecule has 4 rings (SSSR count). The molecule has 2 aliphatic heterocycles. The topological polar surface area (TPSA) is 74.8 Å². The monoisotopic (exact) mass is 388 g/mol. The number of benzene rings is 2. The van der Waals surface area contributed by atoms with Crippen molar-refractivity contribution in [2.45, 2.75) is 26.7 Å². The minimum absolute atomic E-state index is 0.136. The summed E-state index contributed by atoms with van der Waals surface area (Å²) in [6.45, 7) is 4.28. The molecule has 2 heterocycles. The molecular formula is C23H20N2O4. The minimum Gasteiger partial charge on any atom is -0.274 e. The third kappa shape index (κ3) is 2.58. The molecule has 0 radical (unpaired) electrons. The van der Waals surface area contributed by atoms with Crippen molar-refractivity contribution >= 4 is 34.4 Å². The first-order chi connectivity index (χ1) is 13.9. The molecule has 0 bridgehead atoms. The van der Waals surface area contributed by atoms with Crippen LogP contribution in [0.4, 0.5) is 0 Å². The molecule has 0 unspecified atom stereocenters. The van der Waals surface area contributed by atoms with Crippen LogP contribution < -0.4 is 0 Å². The van der Waals surface area contributed by atoms with Crippen LogP contribution in [0.25, 0.3) is 10.8 Å². The van der Waals surface area contributed by atoms with E-state index >= 15 is 0 Å². The van der Waals surface area contributed by atoms with E-state index in [2.05, 4.69) is 5.92 Å². The Bertz CT molecular complexity index is 1070. The Morgan fingerprint density at radius 3 is 1.48 bits per heavy atom. The van der Waals surface area contributed by atoms with E-state index in [1.54, 1.807) is 24.3 Å². The van der Waals surface area contributed by atoms with Crippen molar-refractivity contribution in [1.29, 1.82) is 0 Å². The summed E-state index contributed by atoms with van der Waals surface area (Å²) in [5.41, 5.74) is 1.25. The van der Waals surface area contributed by atoms with Gasteiger partial charge in [0.25, 0.3) is 23.6 Å². The maximum atomic E-state index is 13.1. The van der Waals surface area contributed by atoms with E-state index in [0.29, 0.717) is 28.4 Å². The summed E-state index contributed by atoms with van der Waals surface area (Å²) < 4.78 is 0. The van der Waals surface area contributed by atoms with Crippen LogP contribution in [-0.4, -0.2) is 46.5 Å². The second-order valence-electron chi connectivity index (χ2n) is 7.38. The molecule has 2 aliphatic rings. The SMILES string of the molecule is C#CCN1C(=O)c2ccc3c4c(ccc(c24)C1=O)C(=O)N(CC(CC)CC)C3=O. The van der Waals surface area contributed by atoms with E-state index in [1.807, 2.05) is 13.8 Å². The summed E-state index contributed by atoms with van der Waals surface area (Å²) in [5.74, 6) is 0.753. The van der Waals surface area contributed by atoms with Crippen LogP contribution in [0.1, 0.15) is 68.1 Å². The van der Waals surface area contributed by atoms with Gasteiger partial charge in [0.15, 0.2) is 0 Å². The Labute approximate surface area is 168 Å². The summed E-state index contributed by atoms with van der Waals surface area (Å²) in [6, 6.07) is 6.24. The molecule has 0 aliphatic carbocycles. The molecule has 0 spiro atoms. The van der Waals surface area contributed by atoms with Gasteiger partial charge < -0.3 is 0 Å². The van der Waals surface area contributed by atoms with Crippen molar-refractivity contribution < 1.29 is 19.2 Å². The zero-order valence-corrected chi connectivity index (χ0v) is 16.3. The average Bonchev–Trinajstić information content (AvgIpc) is 2.73. The molecule has 0 saturated carbocycles. The molecule has 0 saturated heterocycles. The molecule has 0 fully saturated rings. The first-order valence-electron chi connectivity index (χ1n) is 9.70. The quantitative estimate of drug-likeness (QED) is 0.583. The molecule has 6 nitrogen and oxygen atoms in total. The minimum atomic E-state index is -0.511. The largest absolute Gasteiger partial charge is 0.274 e. The van der Waals surface area contributed by atoms with E-state index < -0.39 is 11.8 Å². The van der Waals surface area contributed by atoms with E-state index in [0.717, 1.165) is 17.7 Å². The molecule has 0 N–H and O–H groups in total. The summed E-state index contributed by atoms with van der Waals surface area (Å²) in [7, 11) is 0. The normalized spacial score (nSPS) is 15.5. The number of nitrogens with zero attached hydrogens (tertiary/aromatic N) is 2. The maximum absolute atomic E-state index is 13.1. The van der Waals surface area contributed by atoms with Crippen molar-refractivity contribution in [3.63, 3.8) is 0 Å². The molecule has 4 amide bonds. The van der Waals surface area contributed by atoms with Crippen LogP contribution in [0, 0.1) is 18.3 Å². The summed E-state index contributed by atoms with van der Waals surface area (Å²) in [5, 5.41) is 0.755. The number of amides is 4. The van der Waals surface area contributed by atoms with Crippen LogP contribution in [0.5, 0.6) is 0 Å². The highest BCUT2D eigenvalue weighted by atomic mass is 16.2. The van der Waals surface area contributed by atoms with Crippen LogP contribution in [0.3, 0.4) is 0 Å². The van der Waals surface area contributed by atoms with Crippen LogP contribution in [0.2, 0.25) is 0 Å². The molecule has 6 heteroatoms. The molecule has 0 aromatic heterocycles.